The molecule has 110 valence electrons. The van der Waals surface area contributed by atoms with Gasteiger partial charge in [-0.1, -0.05) is 13.3 Å². The fourth-order valence-corrected chi connectivity index (χ4v) is 2.97. The quantitative estimate of drug-likeness (QED) is 0.710. The fourth-order valence-electron chi connectivity index (χ4n) is 2.97. The van der Waals surface area contributed by atoms with E-state index in [4.69, 9.17) is 9.47 Å². The highest BCUT2D eigenvalue weighted by molar-refractivity contribution is 5.69. The van der Waals surface area contributed by atoms with E-state index in [9.17, 15) is 4.79 Å². The number of hydrogen-bond acceptors (Lipinski definition) is 5. The zero-order chi connectivity index (χ0) is 13.7. The van der Waals surface area contributed by atoms with Gasteiger partial charge in [0.2, 0.25) is 0 Å². The number of carbonyl (C=O) groups excluding carboxylic acids is 1. The van der Waals surface area contributed by atoms with Gasteiger partial charge in [-0.3, -0.25) is 4.79 Å². The van der Waals surface area contributed by atoms with Crippen LogP contribution in [0.2, 0.25) is 0 Å². The van der Waals surface area contributed by atoms with Gasteiger partial charge in [0, 0.05) is 12.5 Å². The third-order valence-electron chi connectivity index (χ3n) is 4.05. The van der Waals surface area contributed by atoms with Gasteiger partial charge in [-0.2, -0.15) is 0 Å². The largest absolute Gasteiger partial charge is 0.469 e. The molecule has 2 saturated heterocycles. The Bertz CT molecular complexity index is 297. The van der Waals surface area contributed by atoms with Crippen LogP contribution >= 0.6 is 0 Å². The third kappa shape index (κ3) is 4.16. The second-order valence-electron chi connectivity index (χ2n) is 5.32. The van der Waals surface area contributed by atoms with Crippen LogP contribution in [0.5, 0.6) is 0 Å². The molecule has 19 heavy (non-hydrogen) atoms. The Hall–Kier alpha value is -0.650. The minimum absolute atomic E-state index is 0.142. The summed E-state index contributed by atoms with van der Waals surface area (Å²) in [5, 5.41) is 0. The van der Waals surface area contributed by atoms with Crippen LogP contribution in [0.25, 0.3) is 0 Å². The molecule has 0 amide bonds. The molecule has 0 aliphatic carbocycles. The SMILES string of the molecule is CCN1CCCCC1CC1OCC(CC(=O)OC)O1. The van der Waals surface area contributed by atoms with Crippen LogP contribution in [-0.2, 0) is 19.0 Å². The monoisotopic (exact) mass is 271 g/mol. The molecule has 5 heteroatoms. The van der Waals surface area contributed by atoms with Crippen LogP contribution in [0.1, 0.15) is 39.0 Å². The highest BCUT2D eigenvalue weighted by atomic mass is 16.7. The number of rotatable bonds is 5. The molecule has 0 spiro atoms. The smallest absolute Gasteiger partial charge is 0.308 e. The van der Waals surface area contributed by atoms with E-state index in [1.165, 1.54) is 32.9 Å². The van der Waals surface area contributed by atoms with Crippen molar-refractivity contribution in [1.82, 2.24) is 4.90 Å². The standard InChI is InChI=1S/C14H25NO4/c1-3-15-7-5-4-6-11(15)8-14-18-10-12(19-14)9-13(16)17-2/h11-12,14H,3-10H2,1-2H3. The van der Waals surface area contributed by atoms with Gasteiger partial charge in [-0.15, -0.1) is 0 Å². The second kappa shape index (κ2) is 7.22. The molecule has 0 aromatic rings. The Morgan fingerprint density at radius 1 is 1.42 bits per heavy atom. The van der Waals surface area contributed by atoms with Gasteiger partial charge < -0.3 is 19.1 Å². The van der Waals surface area contributed by atoms with Gasteiger partial charge in [-0.05, 0) is 25.9 Å². The minimum atomic E-state index is -0.234. The van der Waals surface area contributed by atoms with Crippen molar-refractivity contribution in [1.29, 1.82) is 0 Å². The third-order valence-corrected chi connectivity index (χ3v) is 4.05. The van der Waals surface area contributed by atoms with Crippen molar-refractivity contribution in [3.8, 4) is 0 Å². The molecule has 0 radical (unpaired) electrons. The Morgan fingerprint density at radius 2 is 2.26 bits per heavy atom. The lowest BCUT2D eigenvalue weighted by molar-refractivity contribution is -0.144. The van der Waals surface area contributed by atoms with Crippen molar-refractivity contribution in [3.05, 3.63) is 0 Å². The van der Waals surface area contributed by atoms with E-state index < -0.39 is 0 Å². The Labute approximate surface area is 115 Å². The van der Waals surface area contributed by atoms with Crippen molar-refractivity contribution in [2.24, 2.45) is 0 Å². The lowest BCUT2D eigenvalue weighted by Gasteiger charge is -2.35. The van der Waals surface area contributed by atoms with Gasteiger partial charge in [0.25, 0.3) is 0 Å². The fraction of sp³-hybridized carbons (Fsp3) is 0.929. The molecule has 5 nitrogen and oxygen atoms in total. The molecule has 2 fully saturated rings. The minimum Gasteiger partial charge on any atom is -0.469 e. The first-order valence-electron chi connectivity index (χ1n) is 7.30. The first-order valence-corrected chi connectivity index (χ1v) is 7.30. The topological polar surface area (TPSA) is 48.0 Å². The summed E-state index contributed by atoms with van der Waals surface area (Å²) in [6, 6.07) is 0.556. The maximum absolute atomic E-state index is 11.2. The molecule has 0 aromatic heterocycles. The van der Waals surface area contributed by atoms with Gasteiger partial charge in [-0.25, -0.2) is 0 Å². The molecule has 2 rings (SSSR count). The van der Waals surface area contributed by atoms with Gasteiger partial charge in [0.05, 0.1) is 26.2 Å². The van der Waals surface area contributed by atoms with E-state index in [0.29, 0.717) is 12.6 Å². The average Bonchev–Trinajstić information content (AvgIpc) is 2.86. The van der Waals surface area contributed by atoms with Crippen LogP contribution in [0, 0.1) is 0 Å². The number of methoxy groups -OCH3 is 1. The van der Waals surface area contributed by atoms with Crippen LogP contribution in [-0.4, -0.2) is 56.1 Å². The zero-order valence-electron chi connectivity index (χ0n) is 12.0. The summed E-state index contributed by atoms with van der Waals surface area (Å²) in [5.74, 6) is -0.234. The predicted octanol–water partition coefficient (Wildman–Crippen LogP) is 1.56. The number of esters is 1. The highest BCUT2D eigenvalue weighted by Crippen LogP contribution is 2.25. The predicted molar refractivity (Wildman–Crippen MR) is 70.7 cm³/mol. The summed E-state index contributed by atoms with van der Waals surface area (Å²) in [4.78, 5) is 13.7. The van der Waals surface area contributed by atoms with Crippen LogP contribution in [0.3, 0.4) is 0 Å². The second-order valence-corrected chi connectivity index (χ2v) is 5.32. The number of hydrogen-bond donors (Lipinski definition) is 0. The van der Waals surface area contributed by atoms with Gasteiger partial charge >= 0.3 is 5.97 Å². The average molecular weight is 271 g/mol. The number of piperidine rings is 1. The van der Waals surface area contributed by atoms with Crippen LogP contribution in [0.15, 0.2) is 0 Å². The van der Waals surface area contributed by atoms with E-state index in [2.05, 4.69) is 16.6 Å². The molecule has 0 saturated carbocycles. The van der Waals surface area contributed by atoms with Crippen molar-refractivity contribution in [3.63, 3.8) is 0 Å². The molecule has 0 aromatic carbocycles. The summed E-state index contributed by atoms with van der Waals surface area (Å²) in [7, 11) is 1.40. The lowest BCUT2D eigenvalue weighted by atomic mass is 9.99. The van der Waals surface area contributed by atoms with Crippen molar-refractivity contribution >= 4 is 5.97 Å². The van der Waals surface area contributed by atoms with E-state index in [-0.39, 0.29) is 24.8 Å². The lowest BCUT2D eigenvalue weighted by Crippen LogP contribution is -2.41. The van der Waals surface area contributed by atoms with Gasteiger partial charge in [0.1, 0.15) is 0 Å². The molecular formula is C14H25NO4. The summed E-state index contributed by atoms with van der Waals surface area (Å²) in [5.41, 5.74) is 0. The van der Waals surface area contributed by atoms with E-state index in [1.54, 1.807) is 0 Å². The molecule has 2 aliphatic heterocycles. The molecule has 2 aliphatic rings. The van der Waals surface area contributed by atoms with Crippen molar-refractivity contribution in [2.45, 2.75) is 57.5 Å². The molecule has 2 heterocycles. The van der Waals surface area contributed by atoms with E-state index in [1.807, 2.05) is 0 Å². The van der Waals surface area contributed by atoms with E-state index >= 15 is 0 Å². The highest BCUT2D eigenvalue weighted by Gasteiger charge is 2.32. The summed E-state index contributed by atoms with van der Waals surface area (Å²) >= 11 is 0. The van der Waals surface area contributed by atoms with Gasteiger partial charge in [0.15, 0.2) is 6.29 Å². The first kappa shape index (κ1) is 14.8. The molecule has 0 N–H and O–H groups in total. The first-order chi connectivity index (χ1) is 9.22. The summed E-state index contributed by atoms with van der Waals surface area (Å²) < 4.78 is 16.1. The maximum atomic E-state index is 11.2. The normalized spacial score (nSPS) is 32.4. The number of ether oxygens (including phenoxy) is 3. The summed E-state index contributed by atoms with van der Waals surface area (Å²) in [6.07, 6.45) is 4.70. The maximum Gasteiger partial charge on any atom is 0.308 e. The van der Waals surface area contributed by atoms with E-state index in [0.717, 1.165) is 13.0 Å². The van der Waals surface area contributed by atoms with Crippen molar-refractivity contribution in [2.75, 3.05) is 26.8 Å². The number of nitrogens with zero attached hydrogens (tertiary/aromatic N) is 1. The molecule has 0 bridgehead atoms. The molecule has 3 atom stereocenters. The Morgan fingerprint density at radius 3 is 3.00 bits per heavy atom. The number of likely N-dealkylation sites (tertiary alicyclic amines) is 1. The molecule has 3 unspecified atom stereocenters. The zero-order valence-corrected chi connectivity index (χ0v) is 12.0. The summed E-state index contributed by atoms with van der Waals surface area (Å²) in [6.45, 7) is 4.97. The Balaban J connectivity index is 1.76. The van der Waals surface area contributed by atoms with Crippen LogP contribution < -0.4 is 0 Å². The van der Waals surface area contributed by atoms with Crippen molar-refractivity contribution < 1.29 is 19.0 Å². The van der Waals surface area contributed by atoms with Crippen LogP contribution in [0.4, 0.5) is 0 Å². The number of carbonyl (C=O) groups is 1. The molecular weight excluding hydrogens is 246 g/mol. The Kier molecular flexibility index (Phi) is 5.60.